The largest absolute Gasteiger partial charge is 0.465 e. The Labute approximate surface area is 214 Å². The standard InChI is InChI=1S/C28H28N2O7/c1-4-5-13-25(31)29(26-23(28(33)37-3)11-8-12-24(26)30(34)35)18-19-14-16-20(17-15-19)21-9-6-7-10-22(21)27(32)36-2/h6-12,14-17H,4-5,13,18H2,1-3H3. The van der Waals surface area contributed by atoms with Gasteiger partial charge in [0.1, 0.15) is 5.69 Å². The molecule has 1 amide bonds. The monoisotopic (exact) mass is 504 g/mol. The van der Waals surface area contributed by atoms with Crippen LogP contribution < -0.4 is 4.90 Å². The first-order valence-corrected chi connectivity index (χ1v) is 11.7. The molecule has 3 rings (SSSR count). The van der Waals surface area contributed by atoms with Gasteiger partial charge in [-0.1, -0.05) is 61.9 Å². The lowest BCUT2D eigenvalue weighted by atomic mass is 9.98. The molecular weight excluding hydrogens is 476 g/mol. The molecule has 0 aromatic heterocycles. The molecule has 0 saturated heterocycles. The van der Waals surface area contributed by atoms with Crippen molar-refractivity contribution >= 4 is 29.2 Å². The molecule has 0 aliphatic heterocycles. The first-order chi connectivity index (χ1) is 17.8. The van der Waals surface area contributed by atoms with Crippen molar-refractivity contribution < 1.29 is 28.8 Å². The second-order valence-electron chi connectivity index (χ2n) is 8.24. The number of esters is 2. The predicted molar refractivity (Wildman–Crippen MR) is 138 cm³/mol. The molecule has 0 aliphatic carbocycles. The number of methoxy groups -OCH3 is 2. The first kappa shape index (κ1) is 27.1. The third-order valence-electron chi connectivity index (χ3n) is 5.87. The topological polar surface area (TPSA) is 116 Å². The maximum absolute atomic E-state index is 13.3. The number of unbranched alkanes of at least 4 members (excludes halogenated alkanes) is 1. The van der Waals surface area contributed by atoms with Gasteiger partial charge < -0.3 is 14.4 Å². The summed E-state index contributed by atoms with van der Waals surface area (Å²) in [5, 5.41) is 11.9. The molecule has 0 bridgehead atoms. The second kappa shape index (κ2) is 12.4. The minimum absolute atomic E-state index is 0.00365. The van der Waals surface area contributed by atoms with E-state index in [4.69, 9.17) is 9.47 Å². The fourth-order valence-corrected chi connectivity index (χ4v) is 3.99. The van der Waals surface area contributed by atoms with Gasteiger partial charge in [0.25, 0.3) is 5.69 Å². The number of nitro benzene ring substituents is 1. The van der Waals surface area contributed by atoms with E-state index in [9.17, 15) is 24.5 Å². The zero-order valence-electron chi connectivity index (χ0n) is 20.9. The van der Waals surface area contributed by atoms with Crippen LogP contribution in [0.2, 0.25) is 0 Å². The van der Waals surface area contributed by atoms with E-state index in [0.717, 1.165) is 12.0 Å². The molecule has 0 saturated carbocycles. The molecule has 9 nitrogen and oxygen atoms in total. The molecule has 9 heteroatoms. The Bertz CT molecular complexity index is 1300. The SMILES string of the molecule is CCCCC(=O)N(Cc1ccc(-c2ccccc2C(=O)OC)cc1)c1c(C(=O)OC)cccc1[N+](=O)[O-]. The quantitative estimate of drug-likeness (QED) is 0.202. The average Bonchev–Trinajstić information content (AvgIpc) is 2.93. The molecule has 192 valence electrons. The predicted octanol–water partition coefficient (Wildman–Crippen LogP) is 5.56. The second-order valence-corrected chi connectivity index (χ2v) is 8.24. The van der Waals surface area contributed by atoms with Gasteiger partial charge in [0.15, 0.2) is 0 Å². The highest BCUT2D eigenvalue weighted by molar-refractivity contribution is 6.05. The van der Waals surface area contributed by atoms with Crippen LogP contribution in [0.1, 0.15) is 52.5 Å². The summed E-state index contributed by atoms with van der Waals surface area (Å²) in [7, 11) is 2.50. The maximum Gasteiger partial charge on any atom is 0.340 e. The van der Waals surface area contributed by atoms with E-state index in [1.165, 1.54) is 37.3 Å². The number of amides is 1. The Morgan fingerprint density at radius 3 is 2.11 bits per heavy atom. The van der Waals surface area contributed by atoms with Gasteiger partial charge >= 0.3 is 11.9 Å². The molecule has 0 radical (unpaired) electrons. The summed E-state index contributed by atoms with van der Waals surface area (Å²) in [4.78, 5) is 50.5. The highest BCUT2D eigenvalue weighted by Gasteiger charge is 2.30. The number of nitrogens with zero attached hydrogens (tertiary/aromatic N) is 2. The highest BCUT2D eigenvalue weighted by atomic mass is 16.6. The minimum atomic E-state index is -0.776. The number of hydrogen-bond donors (Lipinski definition) is 0. The van der Waals surface area contributed by atoms with Crippen molar-refractivity contribution in [3.8, 4) is 11.1 Å². The van der Waals surface area contributed by atoms with E-state index < -0.39 is 16.9 Å². The van der Waals surface area contributed by atoms with Gasteiger partial charge in [-0.2, -0.15) is 0 Å². The summed E-state index contributed by atoms with van der Waals surface area (Å²) in [6, 6.07) is 18.2. The molecule has 0 heterocycles. The number of para-hydroxylation sites is 1. The summed E-state index contributed by atoms with van der Waals surface area (Å²) >= 11 is 0. The van der Waals surface area contributed by atoms with E-state index in [1.807, 2.05) is 13.0 Å². The van der Waals surface area contributed by atoms with Crippen LogP contribution in [0.15, 0.2) is 66.7 Å². The Morgan fingerprint density at radius 1 is 0.865 bits per heavy atom. The number of carbonyl (C=O) groups is 3. The maximum atomic E-state index is 13.3. The van der Waals surface area contributed by atoms with Crippen molar-refractivity contribution in [2.45, 2.75) is 32.7 Å². The Hall–Kier alpha value is -4.53. The Kier molecular flexibility index (Phi) is 9.10. The van der Waals surface area contributed by atoms with Crippen LogP contribution >= 0.6 is 0 Å². The van der Waals surface area contributed by atoms with Crippen LogP contribution in [-0.2, 0) is 20.8 Å². The van der Waals surface area contributed by atoms with E-state index in [2.05, 4.69) is 0 Å². The van der Waals surface area contributed by atoms with E-state index in [0.29, 0.717) is 23.1 Å². The van der Waals surface area contributed by atoms with Crippen molar-refractivity contribution in [2.75, 3.05) is 19.1 Å². The summed E-state index contributed by atoms with van der Waals surface area (Å²) in [5.74, 6) is -1.58. The van der Waals surface area contributed by atoms with Crippen molar-refractivity contribution in [3.63, 3.8) is 0 Å². The van der Waals surface area contributed by atoms with Crippen molar-refractivity contribution in [3.05, 3.63) is 93.5 Å². The lowest BCUT2D eigenvalue weighted by molar-refractivity contribution is -0.384. The van der Waals surface area contributed by atoms with Gasteiger partial charge in [0.05, 0.1) is 36.8 Å². The molecule has 0 fully saturated rings. The van der Waals surface area contributed by atoms with Crippen molar-refractivity contribution in [2.24, 2.45) is 0 Å². The first-order valence-electron chi connectivity index (χ1n) is 11.7. The van der Waals surface area contributed by atoms with Gasteiger partial charge in [-0.25, -0.2) is 9.59 Å². The van der Waals surface area contributed by atoms with Crippen molar-refractivity contribution in [1.82, 2.24) is 0 Å². The lowest BCUT2D eigenvalue weighted by Crippen LogP contribution is -2.32. The molecule has 0 unspecified atom stereocenters. The van der Waals surface area contributed by atoms with Crippen LogP contribution in [0.3, 0.4) is 0 Å². The third kappa shape index (κ3) is 6.19. The summed E-state index contributed by atoms with van der Waals surface area (Å²) in [6.45, 7) is 1.93. The van der Waals surface area contributed by atoms with Gasteiger partial charge in [-0.15, -0.1) is 0 Å². The van der Waals surface area contributed by atoms with Crippen molar-refractivity contribution in [1.29, 1.82) is 0 Å². The average molecular weight is 505 g/mol. The molecule has 37 heavy (non-hydrogen) atoms. The number of benzene rings is 3. The summed E-state index contributed by atoms with van der Waals surface area (Å²) < 4.78 is 9.72. The van der Waals surface area contributed by atoms with E-state index in [1.54, 1.807) is 42.5 Å². The van der Waals surface area contributed by atoms with Gasteiger partial charge in [-0.3, -0.25) is 14.9 Å². The fraction of sp³-hybridized carbons (Fsp3) is 0.250. The minimum Gasteiger partial charge on any atom is -0.465 e. The zero-order valence-corrected chi connectivity index (χ0v) is 20.9. The molecule has 0 aliphatic rings. The lowest BCUT2D eigenvalue weighted by Gasteiger charge is -2.25. The molecule has 0 spiro atoms. The third-order valence-corrected chi connectivity index (χ3v) is 5.87. The molecule has 3 aromatic rings. The van der Waals surface area contributed by atoms with Gasteiger partial charge in [-0.05, 0) is 35.2 Å². The number of hydrogen-bond acceptors (Lipinski definition) is 7. The highest BCUT2D eigenvalue weighted by Crippen LogP contribution is 2.35. The van der Waals surface area contributed by atoms with E-state index in [-0.39, 0.29) is 35.8 Å². The zero-order chi connectivity index (χ0) is 26.9. The Balaban J connectivity index is 2.05. The summed E-state index contributed by atoms with van der Waals surface area (Å²) in [5.41, 5.74) is 2.01. The number of nitro groups is 1. The number of ether oxygens (including phenoxy) is 2. The number of rotatable bonds is 10. The fourth-order valence-electron chi connectivity index (χ4n) is 3.99. The van der Waals surface area contributed by atoms with Crippen LogP contribution in [-0.4, -0.2) is 37.0 Å². The summed E-state index contributed by atoms with van der Waals surface area (Å²) in [6.07, 6.45) is 1.51. The normalized spacial score (nSPS) is 10.5. The van der Waals surface area contributed by atoms with Gasteiger partial charge in [0, 0.05) is 12.5 Å². The Morgan fingerprint density at radius 2 is 1.49 bits per heavy atom. The molecule has 0 atom stereocenters. The van der Waals surface area contributed by atoms with Crippen LogP contribution in [0.5, 0.6) is 0 Å². The molecule has 3 aromatic carbocycles. The van der Waals surface area contributed by atoms with Crippen LogP contribution in [0.4, 0.5) is 11.4 Å². The number of anilines is 1. The number of carbonyl (C=O) groups excluding carboxylic acids is 3. The van der Waals surface area contributed by atoms with Crippen LogP contribution in [0, 0.1) is 10.1 Å². The van der Waals surface area contributed by atoms with Crippen LogP contribution in [0.25, 0.3) is 11.1 Å². The smallest absolute Gasteiger partial charge is 0.340 e. The van der Waals surface area contributed by atoms with E-state index >= 15 is 0 Å². The van der Waals surface area contributed by atoms with Gasteiger partial charge in [0.2, 0.25) is 5.91 Å². The molecule has 0 N–H and O–H groups in total. The molecular formula is C28H28N2O7.